The van der Waals surface area contributed by atoms with Crippen molar-refractivity contribution in [1.29, 1.82) is 5.26 Å². The number of amides is 2. The smallest absolute Gasteiger partial charge is 0.410 e. The molecule has 0 bridgehead atoms. The Labute approximate surface area is 286 Å². The van der Waals surface area contributed by atoms with Crippen molar-refractivity contribution in [2.24, 2.45) is 0 Å². The van der Waals surface area contributed by atoms with E-state index in [1.807, 2.05) is 76.2 Å². The van der Waals surface area contributed by atoms with Crippen molar-refractivity contribution in [2.75, 3.05) is 38.2 Å². The summed E-state index contributed by atoms with van der Waals surface area (Å²) in [6.07, 6.45) is 11.6. The zero-order valence-electron chi connectivity index (χ0n) is 29.1. The van der Waals surface area contributed by atoms with Crippen LogP contribution in [0.3, 0.4) is 0 Å². The number of hydrogen-bond acceptors (Lipinski definition) is 9. The number of ether oxygens (including phenoxy) is 2. The highest BCUT2D eigenvalue weighted by atomic mass is 16.6. The molecule has 2 aliphatic rings. The quantitative estimate of drug-likeness (QED) is 0.281. The van der Waals surface area contributed by atoms with E-state index >= 15 is 0 Å². The number of hydrogen-bond donors (Lipinski definition) is 1. The average Bonchev–Trinajstić information content (AvgIpc) is 3.75. The van der Waals surface area contributed by atoms with Crippen LogP contribution in [0.2, 0.25) is 0 Å². The predicted octanol–water partition coefficient (Wildman–Crippen LogP) is 5.21. The van der Waals surface area contributed by atoms with Crippen molar-refractivity contribution >= 4 is 23.3 Å². The highest BCUT2D eigenvalue weighted by molar-refractivity contribution is 5.88. The molecule has 0 aliphatic carbocycles. The minimum absolute atomic E-state index is 0.0425. The Morgan fingerprint density at radius 2 is 1.73 bits per heavy atom. The highest BCUT2D eigenvalue weighted by Crippen LogP contribution is 2.34. The van der Waals surface area contributed by atoms with Gasteiger partial charge in [0.05, 0.1) is 29.5 Å². The van der Waals surface area contributed by atoms with Crippen LogP contribution in [0.25, 0.3) is 27.8 Å². The first-order valence-corrected chi connectivity index (χ1v) is 16.9. The van der Waals surface area contributed by atoms with E-state index in [0.29, 0.717) is 50.1 Å². The standard InChI is InChI=1S/C36H45N9O4/c1-24(2)41-33(46)36(48-6)11-15-42(16-12-36)31-8-7-25(19-38-31)30-17-26(22-45-32(30)27(18-37)20-40-45)28-21-39-44(23-28)29-9-13-43(14-10-29)34(47)49-35(3,4)5/h7-8,17,19-24,29H,9-16H2,1-6H3,(H,41,46). The van der Waals surface area contributed by atoms with Crippen LogP contribution in [0.15, 0.2) is 49.2 Å². The number of likely N-dealkylation sites (tertiary alicyclic amines) is 1. The van der Waals surface area contributed by atoms with E-state index in [2.05, 4.69) is 27.5 Å². The number of carbonyl (C=O) groups is 2. The topological polar surface area (TPSA) is 143 Å². The number of methoxy groups -OCH3 is 1. The van der Waals surface area contributed by atoms with Crippen molar-refractivity contribution < 1.29 is 19.1 Å². The molecule has 258 valence electrons. The van der Waals surface area contributed by atoms with Gasteiger partial charge in [0, 0.05) is 93.0 Å². The summed E-state index contributed by atoms with van der Waals surface area (Å²) in [6, 6.07) is 8.54. The van der Waals surface area contributed by atoms with Crippen molar-refractivity contribution in [1.82, 2.24) is 34.6 Å². The molecule has 0 radical (unpaired) electrons. The summed E-state index contributed by atoms with van der Waals surface area (Å²) < 4.78 is 15.0. The highest BCUT2D eigenvalue weighted by Gasteiger charge is 2.42. The predicted molar refractivity (Wildman–Crippen MR) is 185 cm³/mol. The largest absolute Gasteiger partial charge is 0.444 e. The van der Waals surface area contributed by atoms with Gasteiger partial charge in [-0.2, -0.15) is 15.5 Å². The molecular formula is C36H45N9O4. The number of fused-ring (bicyclic) bond motifs is 1. The molecule has 0 spiro atoms. The molecule has 1 N–H and O–H groups in total. The van der Waals surface area contributed by atoms with Gasteiger partial charge >= 0.3 is 6.09 Å². The van der Waals surface area contributed by atoms with Crippen molar-refractivity contribution in [2.45, 2.75) is 83.6 Å². The molecule has 6 heterocycles. The van der Waals surface area contributed by atoms with Crippen LogP contribution in [-0.4, -0.2) is 91.8 Å². The third-order valence-corrected chi connectivity index (χ3v) is 9.34. The maximum atomic E-state index is 12.9. The summed E-state index contributed by atoms with van der Waals surface area (Å²) in [6.45, 7) is 12.0. The zero-order chi connectivity index (χ0) is 34.9. The molecule has 4 aromatic heterocycles. The Morgan fingerprint density at radius 1 is 1.00 bits per heavy atom. The lowest BCUT2D eigenvalue weighted by atomic mass is 9.89. The summed E-state index contributed by atoms with van der Waals surface area (Å²) in [5.41, 5.74) is 3.35. The van der Waals surface area contributed by atoms with Gasteiger partial charge in [-0.15, -0.1) is 0 Å². The Balaban J connectivity index is 1.20. The molecule has 2 saturated heterocycles. The molecule has 0 unspecified atom stereocenters. The Bertz CT molecular complexity index is 1850. The van der Waals surface area contributed by atoms with E-state index < -0.39 is 11.2 Å². The van der Waals surface area contributed by atoms with Gasteiger partial charge in [0.25, 0.3) is 5.91 Å². The molecule has 2 fully saturated rings. The number of nitrogens with one attached hydrogen (secondary N) is 1. The number of nitriles is 1. The molecule has 13 nitrogen and oxygen atoms in total. The van der Waals surface area contributed by atoms with Gasteiger partial charge in [-0.25, -0.2) is 14.3 Å². The summed E-state index contributed by atoms with van der Waals surface area (Å²) in [5.74, 6) is 0.748. The summed E-state index contributed by atoms with van der Waals surface area (Å²) in [4.78, 5) is 34.2. The van der Waals surface area contributed by atoms with Crippen LogP contribution >= 0.6 is 0 Å². The van der Waals surface area contributed by atoms with E-state index in [1.165, 1.54) is 0 Å². The first kappa shape index (κ1) is 33.9. The molecule has 0 saturated carbocycles. The molecule has 0 atom stereocenters. The summed E-state index contributed by atoms with van der Waals surface area (Å²) >= 11 is 0. The van der Waals surface area contributed by atoms with E-state index in [1.54, 1.807) is 22.7 Å². The number of carbonyl (C=O) groups excluding carboxylic acids is 2. The first-order valence-electron chi connectivity index (χ1n) is 16.9. The van der Waals surface area contributed by atoms with Crippen LogP contribution in [0, 0.1) is 11.3 Å². The Hall–Kier alpha value is -4.96. The Kier molecular flexibility index (Phi) is 9.35. The van der Waals surface area contributed by atoms with Gasteiger partial charge in [0.15, 0.2) is 0 Å². The second-order valence-corrected chi connectivity index (χ2v) is 14.2. The Morgan fingerprint density at radius 3 is 2.35 bits per heavy atom. The fourth-order valence-corrected chi connectivity index (χ4v) is 6.65. The molecule has 4 aromatic rings. The van der Waals surface area contributed by atoms with E-state index in [4.69, 9.17) is 19.6 Å². The van der Waals surface area contributed by atoms with Crippen LogP contribution < -0.4 is 10.2 Å². The van der Waals surface area contributed by atoms with E-state index in [9.17, 15) is 14.9 Å². The number of rotatable bonds is 7. The van der Waals surface area contributed by atoms with Crippen molar-refractivity contribution in [3.8, 4) is 28.3 Å². The third kappa shape index (κ3) is 7.10. The number of piperidine rings is 2. The molecular weight excluding hydrogens is 622 g/mol. The summed E-state index contributed by atoms with van der Waals surface area (Å²) in [5, 5.41) is 22.1. The number of pyridine rings is 2. The normalized spacial score (nSPS) is 16.9. The molecule has 2 amide bonds. The van der Waals surface area contributed by atoms with Crippen LogP contribution in [0.1, 0.15) is 71.9 Å². The minimum atomic E-state index is -0.840. The van der Waals surface area contributed by atoms with Crippen LogP contribution in [0.5, 0.6) is 0 Å². The van der Waals surface area contributed by atoms with E-state index in [-0.39, 0.29) is 24.1 Å². The maximum Gasteiger partial charge on any atom is 0.410 e. The molecule has 13 heteroatoms. The second-order valence-electron chi connectivity index (χ2n) is 14.2. The second kappa shape index (κ2) is 13.5. The number of nitrogens with zero attached hydrogens (tertiary/aromatic N) is 8. The van der Waals surface area contributed by atoms with Crippen LogP contribution in [-0.2, 0) is 14.3 Å². The molecule has 6 rings (SSSR count). The first-order chi connectivity index (χ1) is 23.4. The molecule has 0 aromatic carbocycles. The van der Waals surface area contributed by atoms with E-state index in [0.717, 1.165) is 40.9 Å². The zero-order valence-corrected chi connectivity index (χ0v) is 29.1. The number of anilines is 1. The van der Waals surface area contributed by atoms with Gasteiger partial charge in [0.1, 0.15) is 23.1 Å². The van der Waals surface area contributed by atoms with Gasteiger partial charge in [0.2, 0.25) is 0 Å². The lowest BCUT2D eigenvalue weighted by molar-refractivity contribution is -0.146. The average molecular weight is 668 g/mol. The fraction of sp³-hybridized carbons (Fsp3) is 0.500. The lowest BCUT2D eigenvalue weighted by Crippen LogP contribution is -2.56. The third-order valence-electron chi connectivity index (χ3n) is 9.34. The SMILES string of the molecule is COC1(C(=O)NC(C)C)CCN(c2ccc(-c3cc(-c4cnn(C5CCN(C(=O)OC(C)(C)C)CC5)c4)cn4ncc(C#N)c34)cn2)CC1. The summed E-state index contributed by atoms with van der Waals surface area (Å²) in [7, 11) is 1.60. The number of aromatic nitrogens is 5. The molecule has 49 heavy (non-hydrogen) atoms. The van der Waals surface area contributed by atoms with Crippen LogP contribution in [0.4, 0.5) is 10.6 Å². The maximum absolute atomic E-state index is 12.9. The minimum Gasteiger partial charge on any atom is -0.444 e. The van der Waals surface area contributed by atoms with Gasteiger partial charge < -0.3 is 24.6 Å². The lowest BCUT2D eigenvalue weighted by Gasteiger charge is -2.40. The molecule has 2 aliphatic heterocycles. The van der Waals surface area contributed by atoms with Gasteiger partial charge in [-0.05, 0) is 65.7 Å². The van der Waals surface area contributed by atoms with Gasteiger partial charge in [-0.3, -0.25) is 9.48 Å². The fourth-order valence-electron chi connectivity index (χ4n) is 6.65. The monoisotopic (exact) mass is 667 g/mol. The van der Waals surface area contributed by atoms with Gasteiger partial charge in [-0.1, -0.05) is 0 Å². The van der Waals surface area contributed by atoms with Crippen molar-refractivity contribution in [3.63, 3.8) is 0 Å². The van der Waals surface area contributed by atoms with Crippen molar-refractivity contribution in [3.05, 3.63) is 54.7 Å².